The quantitative estimate of drug-likeness (QED) is 0.698. The van der Waals surface area contributed by atoms with Gasteiger partial charge >= 0.3 is 0 Å². The molecule has 2 heterocycles. The molecular weight excluding hydrogens is 364 g/mol. The third-order valence-corrected chi connectivity index (χ3v) is 5.70. The maximum atomic E-state index is 13.0. The Morgan fingerprint density at radius 3 is 2.59 bits per heavy atom. The number of amides is 1. The van der Waals surface area contributed by atoms with E-state index in [-0.39, 0.29) is 11.8 Å². The maximum Gasteiger partial charge on any atom is 0.230 e. The molecule has 29 heavy (non-hydrogen) atoms. The summed E-state index contributed by atoms with van der Waals surface area (Å²) in [5, 5.41) is 0. The summed E-state index contributed by atoms with van der Waals surface area (Å²) in [5.74, 6) is 1.97. The van der Waals surface area contributed by atoms with Crippen LogP contribution in [0.2, 0.25) is 0 Å². The van der Waals surface area contributed by atoms with Crippen LogP contribution in [0.25, 0.3) is 11.0 Å². The second-order valence-corrected chi connectivity index (χ2v) is 7.54. The molecule has 6 nitrogen and oxygen atoms in total. The number of rotatable bonds is 6. The predicted octanol–water partition coefficient (Wildman–Crippen LogP) is 3.41. The van der Waals surface area contributed by atoms with Gasteiger partial charge in [0.1, 0.15) is 11.6 Å². The van der Waals surface area contributed by atoms with Crippen LogP contribution >= 0.6 is 0 Å². The van der Waals surface area contributed by atoms with E-state index in [1.54, 1.807) is 7.11 Å². The highest BCUT2D eigenvalue weighted by atomic mass is 16.5. The molecule has 1 saturated heterocycles. The SMILES string of the molecule is CCC(C(=O)N1CCN(Cc2nc3ccc(OC)cc3[nH]2)CC1)c1ccccc1. The summed E-state index contributed by atoms with van der Waals surface area (Å²) in [5.41, 5.74) is 3.05. The Hall–Kier alpha value is -2.86. The first-order valence-electron chi connectivity index (χ1n) is 10.3. The minimum Gasteiger partial charge on any atom is -0.497 e. The molecule has 1 fully saturated rings. The molecule has 152 valence electrons. The molecule has 0 saturated carbocycles. The van der Waals surface area contributed by atoms with Gasteiger partial charge in [-0.1, -0.05) is 37.3 Å². The van der Waals surface area contributed by atoms with E-state index in [1.165, 1.54) is 0 Å². The fraction of sp³-hybridized carbons (Fsp3) is 0.391. The van der Waals surface area contributed by atoms with Gasteiger partial charge in [0, 0.05) is 32.2 Å². The molecule has 4 rings (SSSR count). The Morgan fingerprint density at radius 2 is 1.90 bits per heavy atom. The Balaban J connectivity index is 1.36. The highest BCUT2D eigenvalue weighted by Gasteiger charge is 2.27. The van der Waals surface area contributed by atoms with Crippen molar-refractivity contribution < 1.29 is 9.53 Å². The molecule has 6 heteroatoms. The molecule has 1 unspecified atom stereocenters. The molecule has 0 aliphatic carbocycles. The standard InChI is InChI=1S/C23H28N4O2/c1-3-19(17-7-5-4-6-8-17)23(28)27-13-11-26(12-14-27)16-22-24-20-10-9-18(29-2)15-21(20)25-22/h4-10,15,19H,3,11-14,16H2,1-2H3,(H,24,25). The molecule has 1 aliphatic rings. The number of H-pyrrole nitrogens is 1. The molecule has 0 radical (unpaired) electrons. The zero-order valence-electron chi connectivity index (χ0n) is 17.1. The summed E-state index contributed by atoms with van der Waals surface area (Å²) in [7, 11) is 1.67. The van der Waals surface area contributed by atoms with Crippen molar-refractivity contribution >= 4 is 16.9 Å². The van der Waals surface area contributed by atoms with Gasteiger partial charge in [-0.15, -0.1) is 0 Å². The molecule has 2 aromatic carbocycles. The minimum atomic E-state index is -0.0481. The first-order chi connectivity index (χ1) is 14.2. The van der Waals surface area contributed by atoms with Crippen molar-refractivity contribution in [1.82, 2.24) is 19.8 Å². The average molecular weight is 393 g/mol. The van der Waals surface area contributed by atoms with Crippen molar-refractivity contribution in [1.29, 1.82) is 0 Å². The fourth-order valence-corrected chi connectivity index (χ4v) is 4.04. The monoisotopic (exact) mass is 392 g/mol. The molecule has 0 spiro atoms. The number of carbonyl (C=O) groups is 1. The normalized spacial score (nSPS) is 16.1. The summed E-state index contributed by atoms with van der Waals surface area (Å²) in [4.78, 5) is 25.5. The highest BCUT2D eigenvalue weighted by Crippen LogP contribution is 2.23. The van der Waals surface area contributed by atoms with Gasteiger partial charge in [-0.05, 0) is 24.1 Å². The number of hydrogen-bond donors (Lipinski definition) is 1. The van der Waals surface area contributed by atoms with Gasteiger partial charge in [-0.3, -0.25) is 9.69 Å². The maximum absolute atomic E-state index is 13.0. The lowest BCUT2D eigenvalue weighted by molar-refractivity contribution is -0.134. The lowest BCUT2D eigenvalue weighted by Crippen LogP contribution is -2.49. The van der Waals surface area contributed by atoms with E-state index in [0.717, 1.165) is 67.3 Å². The van der Waals surface area contributed by atoms with Crippen LogP contribution in [0.15, 0.2) is 48.5 Å². The van der Waals surface area contributed by atoms with Crippen LogP contribution in [0.5, 0.6) is 5.75 Å². The van der Waals surface area contributed by atoms with Crippen molar-refractivity contribution in [2.75, 3.05) is 33.3 Å². The number of aromatic nitrogens is 2. The van der Waals surface area contributed by atoms with E-state index in [4.69, 9.17) is 4.74 Å². The third kappa shape index (κ3) is 4.27. The van der Waals surface area contributed by atoms with Crippen LogP contribution in [-0.2, 0) is 11.3 Å². The number of piperazine rings is 1. The van der Waals surface area contributed by atoms with Crippen LogP contribution in [-0.4, -0.2) is 59.0 Å². The second-order valence-electron chi connectivity index (χ2n) is 7.54. The third-order valence-electron chi connectivity index (χ3n) is 5.70. The topological polar surface area (TPSA) is 61.5 Å². The summed E-state index contributed by atoms with van der Waals surface area (Å²) in [6.07, 6.45) is 0.825. The first-order valence-corrected chi connectivity index (χ1v) is 10.3. The number of ether oxygens (including phenoxy) is 1. The summed E-state index contributed by atoms with van der Waals surface area (Å²) in [6.45, 7) is 6.08. The predicted molar refractivity (Wildman–Crippen MR) is 114 cm³/mol. The molecular formula is C23H28N4O2. The minimum absolute atomic E-state index is 0.0481. The highest BCUT2D eigenvalue weighted by molar-refractivity contribution is 5.83. The van der Waals surface area contributed by atoms with E-state index in [2.05, 4.69) is 33.9 Å². The van der Waals surface area contributed by atoms with Crippen molar-refractivity contribution in [2.45, 2.75) is 25.8 Å². The van der Waals surface area contributed by atoms with Crippen LogP contribution < -0.4 is 4.74 Å². The average Bonchev–Trinajstić information content (AvgIpc) is 3.16. The summed E-state index contributed by atoms with van der Waals surface area (Å²) >= 11 is 0. The van der Waals surface area contributed by atoms with Gasteiger partial charge < -0.3 is 14.6 Å². The Labute approximate surface area is 171 Å². The van der Waals surface area contributed by atoms with Crippen LogP contribution in [0.1, 0.15) is 30.7 Å². The second kappa shape index (κ2) is 8.66. The van der Waals surface area contributed by atoms with Gasteiger partial charge in [0.05, 0.1) is 30.6 Å². The van der Waals surface area contributed by atoms with Gasteiger partial charge in [0.2, 0.25) is 5.91 Å². The smallest absolute Gasteiger partial charge is 0.230 e. The van der Waals surface area contributed by atoms with Gasteiger partial charge in [-0.25, -0.2) is 4.98 Å². The molecule has 1 aromatic heterocycles. The van der Waals surface area contributed by atoms with Crippen molar-refractivity contribution in [3.05, 3.63) is 59.9 Å². The van der Waals surface area contributed by atoms with Crippen molar-refractivity contribution in [3.63, 3.8) is 0 Å². The number of methoxy groups -OCH3 is 1. The van der Waals surface area contributed by atoms with E-state index in [0.29, 0.717) is 0 Å². The molecule has 1 atom stereocenters. The van der Waals surface area contributed by atoms with E-state index >= 15 is 0 Å². The van der Waals surface area contributed by atoms with E-state index in [9.17, 15) is 4.79 Å². The number of benzene rings is 2. The molecule has 1 aliphatic heterocycles. The van der Waals surface area contributed by atoms with Crippen molar-refractivity contribution in [3.8, 4) is 5.75 Å². The zero-order valence-corrected chi connectivity index (χ0v) is 17.1. The Morgan fingerprint density at radius 1 is 1.14 bits per heavy atom. The molecule has 1 amide bonds. The Bertz CT molecular complexity index is 961. The lowest BCUT2D eigenvalue weighted by atomic mass is 9.95. The first kappa shape index (κ1) is 19.5. The van der Waals surface area contributed by atoms with Gasteiger partial charge in [0.15, 0.2) is 0 Å². The van der Waals surface area contributed by atoms with Gasteiger partial charge in [0.25, 0.3) is 0 Å². The zero-order chi connectivity index (χ0) is 20.2. The molecule has 3 aromatic rings. The van der Waals surface area contributed by atoms with Gasteiger partial charge in [-0.2, -0.15) is 0 Å². The number of carbonyl (C=O) groups excluding carboxylic acids is 1. The number of aromatic amines is 1. The number of nitrogens with one attached hydrogen (secondary N) is 1. The molecule has 1 N–H and O–H groups in total. The Kier molecular flexibility index (Phi) is 5.81. The number of fused-ring (bicyclic) bond motifs is 1. The lowest BCUT2D eigenvalue weighted by Gasteiger charge is -2.36. The van der Waals surface area contributed by atoms with Crippen LogP contribution in [0.3, 0.4) is 0 Å². The number of nitrogens with zero attached hydrogens (tertiary/aromatic N) is 3. The fourth-order valence-electron chi connectivity index (χ4n) is 4.04. The number of imidazole rings is 1. The largest absolute Gasteiger partial charge is 0.497 e. The molecule has 0 bridgehead atoms. The van der Waals surface area contributed by atoms with Crippen molar-refractivity contribution in [2.24, 2.45) is 0 Å². The van der Waals surface area contributed by atoms with E-state index in [1.807, 2.05) is 41.3 Å². The summed E-state index contributed by atoms with van der Waals surface area (Å²) in [6, 6.07) is 16.0. The van der Waals surface area contributed by atoms with E-state index < -0.39 is 0 Å². The number of hydrogen-bond acceptors (Lipinski definition) is 4. The van der Waals surface area contributed by atoms with Crippen LogP contribution in [0.4, 0.5) is 0 Å². The van der Waals surface area contributed by atoms with Crippen LogP contribution in [0, 0.1) is 0 Å². The summed E-state index contributed by atoms with van der Waals surface area (Å²) < 4.78 is 5.28.